The Bertz CT molecular complexity index is 3540. The molecule has 0 saturated heterocycles. The van der Waals surface area contributed by atoms with Crippen LogP contribution in [-0.4, -0.2) is 19.1 Å². The van der Waals surface area contributed by atoms with Crippen LogP contribution in [0.3, 0.4) is 0 Å². The van der Waals surface area contributed by atoms with Gasteiger partial charge in [0.15, 0.2) is 11.4 Å². The molecule has 0 saturated carbocycles. The zero-order valence-electron chi connectivity index (χ0n) is 30.4. The SMILES string of the molecule is Cc1cc(-n2c3ccccc3c3c4c5ccccc5oc4c4c(c5ccccc5n4-c4ccccc4)c32)ccc1-c1nc(-c2ccccc2)c2ccccc2n1. The average Bonchev–Trinajstić information content (AvgIpc) is 3.92. The molecular formula is C51H32N4O. The molecule has 0 amide bonds. The molecule has 5 nitrogen and oxygen atoms in total. The van der Waals surface area contributed by atoms with Crippen LogP contribution in [0.15, 0.2) is 180 Å². The van der Waals surface area contributed by atoms with Gasteiger partial charge in [-0.25, -0.2) is 9.97 Å². The summed E-state index contributed by atoms with van der Waals surface area (Å²) in [5, 5.41) is 7.99. The Morgan fingerprint density at radius 3 is 1.82 bits per heavy atom. The van der Waals surface area contributed by atoms with Gasteiger partial charge in [-0.2, -0.15) is 0 Å². The fraction of sp³-hybridized carbons (Fsp3) is 0.0196. The lowest BCUT2D eigenvalue weighted by atomic mass is 10.0. The van der Waals surface area contributed by atoms with E-state index in [1.165, 1.54) is 16.2 Å². The molecule has 4 heterocycles. The molecule has 0 aliphatic rings. The first-order chi connectivity index (χ1) is 27.7. The minimum atomic E-state index is 0.716. The maximum Gasteiger partial charge on any atom is 0.160 e. The van der Waals surface area contributed by atoms with Crippen LogP contribution in [0.1, 0.15) is 5.56 Å². The van der Waals surface area contributed by atoms with Gasteiger partial charge in [-0.15, -0.1) is 0 Å². The number of hydrogen-bond acceptors (Lipinski definition) is 3. The molecule has 4 aromatic heterocycles. The Labute approximate surface area is 321 Å². The van der Waals surface area contributed by atoms with Gasteiger partial charge in [0.1, 0.15) is 5.58 Å². The lowest BCUT2D eigenvalue weighted by Gasteiger charge is -2.14. The van der Waals surface area contributed by atoms with Gasteiger partial charge in [0.25, 0.3) is 0 Å². The summed E-state index contributed by atoms with van der Waals surface area (Å²) < 4.78 is 11.8. The van der Waals surface area contributed by atoms with E-state index in [-0.39, 0.29) is 0 Å². The van der Waals surface area contributed by atoms with Gasteiger partial charge < -0.3 is 13.6 Å². The van der Waals surface area contributed by atoms with Crippen LogP contribution in [0, 0.1) is 6.92 Å². The Morgan fingerprint density at radius 2 is 1.07 bits per heavy atom. The minimum absolute atomic E-state index is 0.716. The Kier molecular flexibility index (Phi) is 6.48. The standard InChI is InChI=1S/C51H32N4O/c1-31-30-34(28-29-35(31)51-52-40-24-12-8-20-36(40)47(53-51)32-16-4-2-5-17-32)55-41-25-13-9-21-37(41)44-45-39-23-11-15-27-43(39)56-50(45)49-46(48(44)55)38-22-10-14-26-42(38)54(49)33-18-6-3-7-19-33/h2-30H,1H3. The van der Waals surface area contributed by atoms with E-state index < -0.39 is 0 Å². The summed E-state index contributed by atoms with van der Waals surface area (Å²) in [6.45, 7) is 2.17. The number of fused-ring (bicyclic) bond motifs is 13. The maximum atomic E-state index is 6.94. The number of para-hydroxylation sites is 5. The van der Waals surface area contributed by atoms with Gasteiger partial charge in [-0.3, -0.25) is 0 Å². The highest BCUT2D eigenvalue weighted by molar-refractivity contribution is 6.39. The van der Waals surface area contributed by atoms with Crippen molar-refractivity contribution in [2.75, 3.05) is 0 Å². The molecule has 0 fully saturated rings. The van der Waals surface area contributed by atoms with E-state index in [4.69, 9.17) is 14.4 Å². The highest BCUT2D eigenvalue weighted by Crippen LogP contribution is 2.49. The van der Waals surface area contributed by atoms with Crippen LogP contribution < -0.4 is 0 Å². The molecule has 0 atom stereocenters. The third-order valence-electron chi connectivity index (χ3n) is 11.4. The fourth-order valence-electron chi connectivity index (χ4n) is 9.05. The van der Waals surface area contributed by atoms with Gasteiger partial charge in [0, 0.05) is 60.2 Å². The van der Waals surface area contributed by atoms with Crippen molar-refractivity contribution >= 4 is 76.5 Å². The summed E-state index contributed by atoms with van der Waals surface area (Å²) in [4.78, 5) is 10.3. The third-order valence-corrected chi connectivity index (χ3v) is 11.4. The lowest BCUT2D eigenvalue weighted by Crippen LogP contribution is -1.99. The number of aromatic nitrogens is 4. The van der Waals surface area contributed by atoms with Crippen LogP contribution in [0.4, 0.5) is 0 Å². The second-order valence-corrected chi connectivity index (χ2v) is 14.6. The van der Waals surface area contributed by atoms with Crippen LogP contribution >= 0.6 is 0 Å². The van der Waals surface area contributed by atoms with E-state index in [1.807, 2.05) is 12.1 Å². The molecule has 12 aromatic rings. The fourth-order valence-corrected chi connectivity index (χ4v) is 9.05. The van der Waals surface area contributed by atoms with Crippen molar-refractivity contribution in [2.45, 2.75) is 6.92 Å². The van der Waals surface area contributed by atoms with Crippen molar-refractivity contribution in [3.05, 3.63) is 181 Å². The first kappa shape index (κ1) is 30.9. The van der Waals surface area contributed by atoms with E-state index in [0.717, 1.165) is 94.1 Å². The largest absolute Gasteiger partial charge is 0.454 e. The number of aryl methyl sites for hydroxylation is 1. The molecule has 0 aliphatic heterocycles. The molecule has 0 radical (unpaired) electrons. The van der Waals surface area contributed by atoms with E-state index in [0.29, 0.717) is 5.82 Å². The second-order valence-electron chi connectivity index (χ2n) is 14.6. The van der Waals surface area contributed by atoms with Crippen molar-refractivity contribution in [1.29, 1.82) is 0 Å². The molecular weight excluding hydrogens is 685 g/mol. The van der Waals surface area contributed by atoms with Crippen LogP contribution in [0.2, 0.25) is 0 Å². The van der Waals surface area contributed by atoms with Crippen molar-refractivity contribution in [3.8, 4) is 34.0 Å². The molecule has 12 rings (SSSR count). The number of furan rings is 1. The topological polar surface area (TPSA) is 48.8 Å². The first-order valence-corrected chi connectivity index (χ1v) is 19.0. The van der Waals surface area contributed by atoms with Gasteiger partial charge in [0.05, 0.1) is 33.3 Å². The van der Waals surface area contributed by atoms with Crippen LogP contribution in [0.5, 0.6) is 0 Å². The summed E-state index contributed by atoms with van der Waals surface area (Å²) in [6.07, 6.45) is 0. The minimum Gasteiger partial charge on any atom is -0.454 e. The molecule has 0 spiro atoms. The van der Waals surface area contributed by atoms with Crippen LogP contribution in [0.25, 0.3) is 110 Å². The zero-order valence-corrected chi connectivity index (χ0v) is 30.4. The van der Waals surface area contributed by atoms with E-state index in [9.17, 15) is 0 Å². The lowest BCUT2D eigenvalue weighted by molar-refractivity contribution is 0.671. The average molecular weight is 717 g/mol. The number of hydrogen-bond donors (Lipinski definition) is 0. The van der Waals surface area contributed by atoms with Crippen molar-refractivity contribution in [2.24, 2.45) is 0 Å². The van der Waals surface area contributed by atoms with Crippen molar-refractivity contribution in [1.82, 2.24) is 19.1 Å². The molecule has 56 heavy (non-hydrogen) atoms. The molecule has 5 heteroatoms. The van der Waals surface area contributed by atoms with Gasteiger partial charge in [-0.05, 0) is 67.1 Å². The second kappa shape index (κ2) is 11.7. The molecule has 0 bridgehead atoms. The summed E-state index contributed by atoms with van der Waals surface area (Å²) in [5.41, 5.74) is 13.5. The summed E-state index contributed by atoms with van der Waals surface area (Å²) >= 11 is 0. The van der Waals surface area contributed by atoms with Gasteiger partial charge in [0.2, 0.25) is 0 Å². The highest BCUT2D eigenvalue weighted by atomic mass is 16.3. The van der Waals surface area contributed by atoms with Gasteiger partial charge >= 0.3 is 0 Å². The van der Waals surface area contributed by atoms with Crippen LogP contribution in [-0.2, 0) is 0 Å². The predicted octanol–water partition coefficient (Wildman–Crippen LogP) is 13.4. The third kappa shape index (κ3) is 4.31. The first-order valence-electron chi connectivity index (χ1n) is 19.0. The Hall–Kier alpha value is -7.50. The van der Waals surface area contributed by atoms with E-state index in [1.54, 1.807) is 0 Å². The number of benzene rings is 8. The smallest absolute Gasteiger partial charge is 0.160 e. The zero-order chi connectivity index (χ0) is 36.9. The molecule has 0 unspecified atom stereocenters. The van der Waals surface area contributed by atoms with Crippen molar-refractivity contribution < 1.29 is 4.42 Å². The molecule has 0 aliphatic carbocycles. The van der Waals surface area contributed by atoms with Crippen molar-refractivity contribution in [3.63, 3.8) is 0 Å². The number of rotatable bonds is 4. The summed E-state index contributed by atoms with van der Waals surface area (Å²) in [6, 6.07) is 62.0. The molecule has 8 aromatic carbocycles. The predicted molar refractivity (Wildman–Crippen MR) is 231 cm³/mol. The van der Waals surface area contributed by atoms with E-state index >= 15 is 0 Å². The Balaban J connectivity index is 1.20. The molecule has 262 valence electrons. The quantitative estimate of drug-likeness (QED) is 0.182. The Morgan fingerprint density at radius 1 is 0.464 bits per heavy atom. The normalized spacial score (nSPS) is 12.0. The summed E-state index contributed by atoms with van der Waals surface area (Å²) in [5.74, 6) is 0.716. The monoisotopic (exact) mass is 716 g/mol. The van der Waals surface area contributed by atoms with E-state index in [2.05, 4.69) is 180 Å². The highest BCUT2D eigenvalue weighted by Gasteiger charge is 2.27. The maximum absolute atomic E-state index is 6.94. The van der Waals surface area contributed by atoms with Gasteiger partial charge in [-0.1, -0.05) is 121 Å². The molecule has 0 N–H and O–H groups in total. The summed E-state index contributed by atoms with van der Waals surface area (Å²) in [7, 11) is 0. The number of nitrogens with zero attached hydrogens (tertiary/aromatic N) is 4.